The van der Waals surface area contributed by atoms with Crippen LogP contribution in [0, 0.1) is 11.8 Å². The number of rotatable bonds is 5. The molecule has 112 valence electrons. The predicted molar refractivity (Wildman–Crippen MR) is 83.8 cm³/mol. The minimum absolute atomic E-state index is 0.142. The largest absolute Gasteiger partial charge is 0.381 e. The summed E-state index contributed by atoms with van der Waals surface area (Å²) in [4.78, 5) is 0.439. The van der Waals surface area contributed by atoms with Crippen LogP contribution in [0.15, 0.2) is 29.2 Å². The van der Waals surface area contributed by atoms with Crippen LogP contribution in [0.2, 0.25) is 0 Å². The fraction of sp³-hybridized carbons (Fsp3) is 0.625. The summed E-state index contributed by atoms with van der Waals surface area (Å²) in [6.07, 6.45) is 3.56. The van der Waals surface area contributed by atoms with E-state index in [-0.39, 0.29) is 5.75 Å². The van der Waals surface area contributed by atoms with E-state index in [1.54, 1.807) is 19.1 Å². The van der Waals surface area contributed by atoms with Crippen LogP contribution < -0.4 is 5.32 Å². The molecule has 1 N–H and O–H groups in total. The van der Waals surface area contributed by atoms with Crippen molar-refractivity contribution in [2.75, 3.05) is 11.1 Å². The molecule has 0 bridgehead atoms. The Kier molecular flexibility index (Phi) is 4.74. The Hall–Kier alpha value is -1.03. The second kappa shape index (κ2) is 6.17. The number of hydrogen-bond acceptors (Lipinski definition) is 3. The Morgan fingerprint density at radius 2 is 1.90 bits per heavy atom. The van der Waals surface area contributed by atoms with Gasteiger partial charge in [-0.1, -0.05) is 39.3 Å². The first kappa shape index (κ1) is 15.4. The molecule has 3 unspecified atom stereocenters. The van der Waals surface area contributed by atoms with Gasteiger partial charge in [-0.2, -0.15) is 0 Å². The van der Waals surface area contributed by atoms with Crippen LogP contribution in [0.3, 0.4) is 0 Å². The minimum atomic E-state index is -3.17. The molecular formula is C16H25NO2S. The number of nitrogens with one attached hydrogen (secondary N) is 1. The summed E-state index contributed by atoms with van der Waals surface area (Å²) in [6, 6.07) is 7.66. The number of para-hydroxylation sites is 1. The topological polar surface area (TPSA) is 46.2 Å². The van der Waals surface area contributed by atoms with Crippen molar-refractivity contribution >= 4 is 15.5 Å². The van der Waals surface area contributed by atoms with Crippen LogP contribution in [0.4, 0.5) is 5.69 Å². The van der Waals surface area contributed by atoms with Gasteiger partial charge in [0.05, 0.1) is 16.3 Å². The van der Waals surface area contributed by atoms with Crippen molar-refractivity contribution in [3.8, 4) is 0 Å². The molecule has 0 aromatic heterocycles. The summed E-state index contributed by atoms with van der Waals surface area (Å²) in [7, 11) is -3.17. The van der Waals surface area contributed by atoms with E-state index in [1.807, 2.05) is 12.1 Å². The highest BCUT2D eigenvalue weighted by molar-refractivity contribution is 7.91. The molecule has 1 aliphatic rings. The third kappa shape index (κ3) is 3.00. The third-order valence-corrected chi connectivity index (χ3v) is 6.48. The molecule has 3 nitrogen and oxygen atoms in total. The third-order valence-electron chi connectivity index (χ3n) is 4.69. The van der Waals surface area contributed by atoms with Crippen molar-refractivity contribution in [2.24, 2.45) is 11.8 Å². The first-order valence-corrected chi connectivity index (χ1v) is 9.23. The quantitative estimate of drug-likeness (QED) is 0.900. The number of anilines is 1. The highest BCUT2D eigenvalue weighted by Crippen LogP contribution is 2.36. The van der Waals surface area contributed by atoms with Gasteiger partial charge in [-0.25, -0.2) is 8.42 Å². The molecule has 0 spiro atoms. The summed E-state index contributed by atoms with van der Waals surface area (Å²) in [5.41, 5.74) is 0.767. The Morgan fingerprint density at radius 1 is 1.20 bits per heavy atom. The highest BCUT2D eigenvalue weighted by Gasteiger charge is 2.32. The molecule has 3 atom stereocenters. The second-order valence-corrected chi connectivity index (χ2v) is 8.00. The maximum absolute atomic E-state index is 12.2. The molecule has 0 radical (unpaired) electrons. The van der Waals surface area contributed by atoms with Gasteiger partial charge in [0.15, 0.2) is 9.84 Å². The zero-order chi connectivity index (χ0) is 14.8. The summed E-state index contributed by atoms with van der Waals surface area (Å²) in [5.74, 6) is 1.49. The second-order valence-electron chi connectivity index (χ2n) is 5.76. The minimum Gasteiger partial charge on any atom is -0.381 e. The fourth-order valence-corrected chi connectivity index (χ4v) is 4.30. The van der Waals surface area contributed by atoms with Crippen molar-refractivity contribution in [3.05, 3.63) is 24.3 Å². The lowest BCUT2D eigenvalue weighted by molar-refractivity contribution is 0.391. The van der Waals surface area contributed by atoms with Crippen LogP contribution >= 0.6 is 0 Å². The standard InChI is InChI=1S/C16H25NO2S/c1-4-13-10-11-14(12(13)3)17-15-8-6-7-9-16(15)20(18,19)5-2/h6-9,12-14,17H,4-5,10-11H2,1-3H3. The summed E-state index contributed by atoms with van der Waals surface area (Å²) >= 11 is 0. The molecule has 20 heavy (non-hydrogen) atoms. The van der Waals surface area contributed by atoms with Crippen molar-refractivity contribution in [1.82, 2.24) is 0 Å². The molecule has 0 amide bonds. The van der Waals surface area contributed by atoms with Crippen LogP contribution in [-0.4, -0.2) is 20.2 Å². The van der Waals surface area contributed by atoms with E-state index in [4.69, 9.17) is 0 Å². The van der Waals surface area contributed by atoms with E-state index in [0.29, 0.717) is 16.9 Å². The average Bonchev–Trinajstić information content (AvgIpc) is 2.80. The molecule has 0 saturated heterocycles. The molecule has 2 rings (SSSR count). The van der Waals surface area contributed by atoms with E-state index >= 15 is 0 Å². The Balaban J connectivity index is 2.23. The van der Waals surface area contributed by atoms with Crippen molar-refractivity contribution in [3.63, 3.8) is 0 Å². The van der Waals surface area contributed by atoms with Gasteiger partial charge >= 0.3 is 0 Å². The Morgan fingerprint density at radius 3 is 2.50 bits per heavy atom. The van der Waals surface area contributed by atoms with Crippen LogP contribution in [0.5, 0.6) is 0 Å². The maximum atomic E-state index is 12.2. The van der Waals surface area contributed by atoms with Gasteiger partial charge in [0.1, 0.15) is 0 Å². The monoisotopic (exact) mass is 295 g/mol. The molecular weight excluding hydrogens is 270 g/mol. The summed E-state index contributed by atoms with van der Waals surface area (Å²) in [5, 5.41) is 3.48. The van der Waals surface area contributed by atoms with Gasteiger partial charge < -0.3 is 5.32 Å². The number of sulfone groups is 1. The lowest BCUT2D eigenvalue weighted by Gasteiger charge is -2.23. The molecule has 1 fully saturated rings. The molecule has 1 saturated carbocycles. The van der Waals surface area contributed by atoms with Gasteiger partial charge in [-0.15, -0.1) is 0 Å². The highest BCUT2D eigenvalue weighted by atomic mass is 32.2. The zero-order valence-corrected chi connectivity index (χ0v) is 13.4. The average molecular weight is 295 g/mol. The van der Waals surface area contributed by atoms with Crippen LogP contribution in [0.25, 0.3) is 0 Å². The lowest BCUT2D eigenvalue weighted by Crippen LogP contribution is -2.25. The summed E-state index contributed by atoms with van der Waals surface area (Å²) in [6.45, 7) is 6.20. The van der Waals surface area contributed by atoms with Crippen molar-refractivity contribution < 1.29 is 8.42 Å². The molecule has 0 heterocycles. The molecule has 4 heteroatoms. The van der Waals surface area contributed by atoms with E-state index in [1.165, 1.54) is 12.8 Å². The fourth-order valence-electron chi connectivity index (χ4n) is 3.24. The zero-order valence-electron chi connectivity index (χ0n) is 12.6. The maximum Gasteiger partial charge on any atom is 0.180 e. The van der Waals surface area contributed by atoms with Gasteiger partial charge in [0.2, 0.25) is 0 Å². The van der Waals surface area contributed by atoms with Crippen LogP contribution in [0.1, 0.15) is 40.0 Å². The number of benzene rings is 1. The van der Waals surface area contributed by atoms with Gasteiger partial charge in [0, 0.05) is 6.04 Å². The van der Waals surface area contributed by atoms with Crippen molar-refractivity contribution in [2.45, 2.75) is 51.0 Å². The van der Waals surface area contributed by atoms with E-state index < -0.39 is 9.84 Å². The van der Waals surface area contributed by atoms with E-state index in [0.717, 1.165) is 18.0 Å². The first-order valence-electron chi connectivity index (χ1n) is 7.58. The SMILES string of the molecule is CCC1CCC(Nc2ccccc2S(=O)(=O)CC)C1C. The van der Waals surface area contributed by atoms with E-state index in [9.17, 15) is 8.42 Å². The Bertz CT molecular complexity index is 553. The lowest BCUT2D eigenvalue weighted by atomic mass is 9.93. The molecule has 1 aromatic carbocycles. The predicted octanol–water partition coefficient (Wildman–Crippen LogP) is 3.72. The van der Waals surface area contributed by atoms with Gasteiger partial charge in [-0.05, 0) is 36.8 Å². The van der Waals surface area contributed by atoms with Gasteiger partial charge in [0.25, 0.3) is 0 Å². The molecule has 0 aliphatic heterocycles. The molecule has 1 aromatic rings. The Labute approximate surface area is 122 Å². The number of hydrogen-bond donors (Lipinski definition) is 1. The van der Waals surface area contributed by atoms with Crippen LogP contribution in [-0.2, 0) is 9.84 Å². The first-order chi connectivity index (χ1) is 9.49. The van der Waals surface area contributed by atoms with Gasteiger partial charge in [-0.3, -0.25) is 0 Å². The normalized spacial score (nSPS) is 26.6. The molecule has 1 aliphatic carbocycles. The van der Waals surface area contributed by atoms with Crippen molar-refractivity contribution in [1.29, 1.82) is 0 Å². The smallest absolute Gasteiger partial charge is 0.180 e. The summed E-state index contributed by atoms with van der Waals surface area (Å²) < 4.78 is 24.3. The van der Waals surface area contributed by atoms with E-state index in [2.05, 4.69) is 19.2 Å².